The van der Waals surface area contributed by atoms with Crippen LogP contribution in [0.5, 0.6) is 0 Å². The van der Waals surface area contributed by atoms with Crippen LogP contribution in [0.2, 0.25) is 0 Å². The average Bonchev–Trinajstić information content (AvgIpc) is 3.29. The number of hydrogen-bond acceptors (Lipinski definition) is 7. The number of esters is 1. The van der Waals surface area contributed by atoms with Crippen molar-refractivity contribution in [3.05, 3.63) is 81.8 Å². The lowest BCUT2D eigenvalue weighted by molar-refractivity contribution is 0.0524. The minimum atomic E-state index is -0.389. The van der Waals surface area contributed by atoms with E-state index in [1.54, 1.807) is 30.7 Å². The van der Waals surface area contributed by atoms with Crippen LogP contribution in [-0.2, 0) is 11.2 Å². The first-order valence-corrected chi connectivity index (χ1v) is 10.9. The molecule has 0 aliphatic carbocycles. The van der Waals surface area contributed by atoms with Crippen LogP contribution < -0.4 is 0 Å². The summed E-state index contributed by atoms with van der Waals surface area (Å²) in [5, 5.41) is 18.3. The molecule has 0 aliphatic rings. The highest BCUT2D eigenvalue weighted by Crippen LogP contribution is 2.22. The maximum absolute atomic E-state index is 12.3. The molecule has 172 valence electrons. The molecule has 9 heteroatoms. The predicted molar refractivity (Wildman–Crippen MR) is 125 cm³/mol. The number of carbonyl (C=O) groups excluding carboxylic acids is 1. The Labute approximate surface area is 197 Å². The Bertz CT molecular complexity index is 1410. The molecule has 0 radical (unpaired) electrons. The largest absolute Gasteiger partial charge is 0.462 e. The Balaban J connectivity index is 1.65. The molecule has 0 saturated carbocycles. The van der Waals surface area contributed by atoms with Crippen molar-refractivity contribution in [1.82, 2.24) is 29.5 Å². The number of benzene rings is 1. The van der Waals surface area contributed by atoms with Gasteiger partial charge in [-0.2, -0.15) is 15.5 Å². The number of aromatic nitrogens is 6. The van der Waals surface area contributed by atoms with Gasteiger partial charge in [-0.3, -0.25) is 0 Å². The summed E-state index contributed by atoms with van der Waals surface area (Å²) in [5.74, 6) is 0.190. The summed E-state index contributed by atoms with van der Waals surface area (Å²) >= 11 is 0. The van der Waals surface area contributed by atoms with E-state index >= 15 is 0 Å². The van der Waals surface area contributed by atoms with Crippen LogP contribution in [0, 0.1) is 39.0 Å². The van der Waals surface area contributed by atoms with Crippen LogP contribution in [0.1, 0.15) is 56.9 Å². The maximum atomic E-state index is 12.3. The van der Waals surface area contributed by atoms with E-state index in [2.05, 4.69) is 21.1 Å². The number of nitrogens with zero attached hydrogens (tertiary/aromatic N) is 7. The second kappa shape index (κ2) is 9.27. The van der Waals surface area contributed by atoms with E-state index in [0.29, 0.717) is 41.4 Å². The SMILES string of the molecule is CCOC(=O)c1c(C)nn(-c2cc(Cc3c(C)nn(-c4ccc(C#N)cc4)c3C)ncn2)c1C. The molecular formula is C25H25N7O2. The molecule has 1 aromatic carbocycles. The molecule has 0 fully saturated rings. The zero-order chi connectivity index (χ0) is 24.4. The van der Waals surface area contributed by atoms with Gasteiger partial charge in [0.2, 0.25) is 0 Å². The van der Waals surface area contributed by atoms with Gasteiger partial charge >= 0.3 is 5.97 Å². The highest BCUT2D eigenvalue weighted by atomic mass is 16.5. The lowest BCUT2D eigenvalue weighted by Gasteiger charge is -2.08. The summed E-state index contributed by atoms with van der Waals surface area (Å²) in [5.41, 5.74) is 6.98. The summed E-state index contributed by atoms with van der Waals surface area (Å²) in [6.45, 7) is 9.66. The molecule has 0 spiro atoms. The summed E-state index contributed by atoms with van der Waals surface area (Å²) in [6, 6.07) is 11.3. The summed E-state index contributed by atoms with van der Waals surface area (Å²) in [7, 11) is 0. The molecular weight excluding hydrogens is 430 g/mol. The van der Waals surface area contributed by atoms with Gasteiger partial charge in [0.1, 0.15) is 11.9 Å². The van der Waals surface area contributed by atoms with Gasteiger partial charge in [-0.25, -0.2) is 24.1 Å². The smallest absolute Gasteiger partial charge is 0.341 e. The number of rotatable bonds is 6. The van der Waals surface area contributed by atoms with Crippen LogP contribution >= 0.6 is 0 Å². The monoisotopic (exact) mass is 455 g/mol. The second-order valence-corrected chi connectivity index (χ2v) is 7.94. The zero-order valence-electron chi connectivity index (χ0n) is 19.8. The van der Waals surface area contributed by atoms with Crippen molar-refractivity contribution in [3.8, 4) is 17.6 Å². The van der Waals surface area contributed by atoms with Crippen molar-refractivity contribution in [2.24, 2.45) is 0 Å². The van der Waals surface area contributed by atoms with Crippen LogP contribution in [0.15, 0.2) is 36.7 Å². The van der Waals surface area contributed by atoms with Crippen molar-refractivity contribution in [3.63, 3.8) is 0 Å². The highest BCUT2D eigenvalue weighted by Gasteiger charge is 2.21. The number of aryl methyl sites for hydroxylation is 2. The number of nitriles is 1. The predicted octanol–water partition coefficient (Wildman–Crippen LogP) is 3.72. The second-order valence-electron chi connectivity index (χ2n) is 7.94. The van der Waals surface area contributed by atoms with E-state index in [-0.39, 0.29) is 5.97 Å². The molecule has 0 unspecified atom stereocenters. The van der Waals surface area contributed by atoms with E-state index in [4.69, 9.17) is 15.1 Å². The van der Waals surface area contributed by atoms with Crippen molar-refractivity contribution >= 4 is 5.97 Å². The number of hydrogen-bond donors (Lipinski definition) is 0. The van der Waals surface area contributed by atoms with Crippen LogP contribution in [0.3, 0.4) is 0 Å². The summed E-state index contributed by atoms with van der Waals surface area (Å²) in [6.07, 6.45) is 2.06. The fraction of sp³-hybridized carbons (Fsp3) is 0.280. The molecule has 4 aromatic rings. The van der Waals surface area contributed by atoms with Gasteiger partial charge in [0.15, 0.2) is 5.82 Å². The molecule has 9 nitrogen and oxygen atoms in total. The summed E-state index contributed by atoms with van der Waals surface area (Å²) < 4.78 is 8.69. The third kappa shape index (κ3) is 4.18. The third-order valence-corrected chi connectivity index (χ3v) is 5.74. The van der Waals surface area contributed by atoms with Crippen molar-refractivity contribution in [1.29, 1.82) is 5.26 Å². The van der Waals surface area contributed by atoms with E-state index in [1.165, 1.54) is 6.33 Å². The van der Waals surface area contributed by atoms with Gasteiger partial charge in [-0.1, -0.05) is 0 Å². The lowest BCUT2D eigenvalue weighted by atomic mass is 10.1. The molecule has 0 amide bonds. The zero-order valence-corrected chi connectivity index (χ0v) is 19.8. The van der Waals surface area contributed by atoms with E-state index in [1.807, 2.05) is 43.7 Å². The van der Waals surface area contributed by atoms with E-state index < -0.39 is 0 Å². The maximum Gasteiger partial charge on any atom is 0.341 e. The standard InChI is InChI=1S/C25H25N7O2/c1-6-34-25(33)24-16(3)30-32(18(24)5)23-12-20(27-14-28-23)11-22-15(2)29-31(17(22)4)21-9-7-19(13-26)8-10-21/h7-10,12,14H,6,11H2,1-5H3. The Hall–Kier alpha value is -4.32. The quantitative estimate of drug-likeness (QED) is 0.407. The minimum absolute atomic E-state index is 0.301. The molecule has 4 rings (SSSR count). The Morgan fingerprint density at radius 3 is 2.38 bits per heavy atom. The Kier molecular flexibility index (Phi) is 6.23. The molecule has 0 atom stereocenters. The minimum Gasteiger partial charge on any atom is -0.462 e. The number of ether oxygens (including phenoxy) is 1. The molecule has 3 heterocycles. The molecule has 0 saturated heterocycles. The van der Waals surface area contributed by atoms with Crippen molar-refractivity contribution in [2.45, 2.75) is 41.0 Å². The fourth-order valence-electron chi connectivity index (χ4n) is 4.00. The van der Waals surface area contributed by atoms with Gasteiger partial charge in [0, 0.05) is 23.7 Å². The normalized spacial score (nSPS) is 10.8. The Morgan fingerprint density at radius 1 is 1.00 bits per heavy atom. The molecule has 3 aromatic heterocycles. The van der Waals surface area contributed by atoms with Gasteiger partial charge < -0.3 is 4.74 Å². The van der Waals surface area contributed by atoms with Gasteiger partial charge in [0.05, 0.1) is 46.7 Å². The van der Waals surface area contributed by atoms with Crippen molar-refractivity contribution < 1.29 is 9.53 Å². The highest BCUT2D eigenvalue weighted by molar-refractivity contribution is 5.92. The molecule has 0 bridgehead atoms. The third-order valence-electron chi connectivity index (χ3n) is 5.74. The average molecular weight is 456 g/mol. The summed E-state index contributed by atoms with van der Waals surface area (Å²) in [4.78, 5) is 21.2. The first-order valence-electron chi connectivity index (χ1n) is 10.9. The Morgan fingerprint density at radius 2 is 1.71 bits per heavy atom. The lowest BCUT2D eigenvalue weighted by Crippen LogP contribution is -2.09. The van der Waals surface area contributed by atoms with Crippen LogP contribution in [0.25, 0.3) is 11.5 Å². The molecule has 0 aliphatic heterocycles. The molecule has 0 N–H and O–H groups in total. The van der Waals surface area contributed by atoms with Crippen LogP contribution in [-0.4, -0.2) is 42.1 Å². The van der Waals surface area contributed by atoms with Crippen molar-refractivity contribution in [2.75, 3.05) is 6.61 Å². The molecule has 34 heavy (non-hydrogen) atoms. The van der Waals surface area contributed by atoms with Gasteiger partial charge in [0.25, 0.3) is 0 Å². The van der Waals surface area contributed by atoms with E-state index in [0.717, 1.165) is 28.3 Å². The first kappa shape index (κ1) is 22.9. The fourth-order valence-corrected chi connectivity index (χ4v) is 4.00. The topological polar surface area (TPSA) is 112 Å². The van der Waals surface area contributed by atoms with Gasteiger partial charge in [-0.15, -0.1) is 0 Å². The number of carbonyl (C=O) groups is 1. The van der Waals surface area contributed by atoms with Gasteiger partial charge in [-0.05, 0) is 58.9 Å². The van der Waals surface area contributed by atoms with Crippen LogP contribution in [0.4, 0.5) is 0 Å². The first-order chi connectivity index (χ1) is 16.3. The van der Waals surface area contributed by atoms with E-state index in [9.17, 15) is 4.79 Å².